The molecule has 2 aliphatic heterocycles. The fourth-order valence-electron chi connectivity index (χ4n) is 4.47. The first-order valence-electron chi connectivity index (χ1n) is 10.0. The molecule has 1 aromatic carbocycles. The maximum absolute atomic E-state index is 13.0. The zero-order valence-electron chi connectivity index (χ0n) is 17.0. The Kier molecular flexibility index (Phi) is 8.03. The number of rotatable bonds is 4. The van der Waals surface area contributed by atoms with Crippen LogP contribution in [0.5, 0.6) is 0 Å². The van der Waals surface area contributed by atoms with Crippen molar-refractivity contribution in [3.63, 3.8) is 0 Å². The van der Waals surface area contributed by atoms with Gasteiger partial charge in [-0.2, -0.15) is 0 Å². The molecule has 5 nitrogen and oxygen atoms in total. The molecule has 2 atom stereocenters. The average Bonchev–Trinajstić information content (AvgIpc) is 3.26. The molecule has 29 heavy (non-hydrogen) atoms. The number of carbonyl (C=O) groups excluding carboxylic acids is 1. The van der Waals surface area contributed by atoms with Crippen LogP contribution in [-0.2, 0) is 13.0 Å². The Bertz CT molecular complexity index is 816. The van der Waals surface area contributed by atoms with Gasteiger partial charge in [0.05, 0.1) is 6.26 Å². The SMILES string of the molecule is CC(N)C1CCN(C(=O)c2occc2CN2c3ccccc3CC2C)CC1.Cl.Cl. The van der Waals surface area contributed by atoms with Crippen molar-refractivity contribution in [3.05, 3.63) is 53.5 Å². The van der Waals surface area contributed by atoms with E-state index in [0.29, 0.717) is 24.3 Å². The second-order valence-electron chi connectivity index (χ2n) is 8.07. The minimum atomic E-state index is 0. The van der Waals surface area contributed by atoms with Gasteiger partial charge in [-0.15, -0.1) is 24.8 Å². The summed E-state index contributed by atoms with van der Waals surface area (Å²) in [5.41, 5.74) is 9.63. The summed E-state index contributed by atoms with van der Waals surface area (Å²) in [6.45, 7) is 6.51. The Balaban J connectivity index is 0.00000150. The molecule has 2 aliphatic rings. The highest BCUT2D eigenvalue weighted by atomic mass is 35.5. The van der Waals surface area contributed by atoms with E-state index in [1.54, 1.807) is 6.26 Å². The van der Waals surface area contributed by atoms with Crippen molar-refractivity contribution >= 4 is 36.4 Å². The summed E-state index contributed by atoms with van der Waals surface area (Å²) in [6.07, 6.45) is 4.62. The molecule has 2 unspecified atom stereocenters. The smallest absolute Gasteiger partial charge is 0.289 e. The number of likely N-dealkylation sites (tertiary alicyclic amines) is 1. The van der Waals surface area contributed by atoms with Gasteiger partial charge in [0.1, 0.15) is 0 Å². The van der Waals surface area contributed by atoms with Gasteiger partial charge in [-0.3, -0.25) is 4.79 Å². The second kappa shape index (κ2) is 9.88. The van der Waals surface area contributed by atoms with Gasteiger partial charge in [-0.1, -0.05) is 18.2 Å². The van der Waals surface area contributed by atoms with Crippen LogP contribution in [0.25, 0.3) is 0 Å². The number of hydrogen-bond acceptors (Lipinski definition) is 4. The van der Waals surface area contributed by atoms with E-state index in [1.807, 2.05) is 11.0 Å². The third kappa shape index (κ3) is 4.73. The Morgan fingerprint density at radius 3 is 2.59 bits per heavy atom. The number of nitrogens with two attached hydrogens (primary N) is 1. The fraction of sp³-hybridized carbons (Fsp3) is 0.500. The largest absolute Gasteiger partial charge is 0.459 e. The lowest BCUT2D eigenvalue weighted by molar-refractivity contribution is 0.0647. The van der Waals surface area contributed by atoms with Gasteiger partial charge < -0.3 is 20.0 Å². The van der Waals surface area contributed by atoms with Gasteiger partial charge in [0.25, 0.3) is 5.91 Å². The van der Waals surface area contributed by atoms with Crippen LogP contribution in [0.1, 0.15) is 48.4 Å². The molecule has 2 N–H and O–H groups in total. The molecule has 0 spiro atoms. The molecule has 2 aromatic rings. The number of anilines is 1. The maximum Gasteiger partial charge on any atom is 0.289 e. The standard InChI is InChI=1S/C22H29N3O2.2ClH/c1-15-13-18-5-3-4-6-20(18)25(15)14-19-9-12-27-21(19)22(26)24-10-7-17(8-11-24)16(2)23;;/h3-6,9,12,15-17H,7-8,10-11,13-14,23H2,1-2H3;2*1H. The Hall–Kier alpha value is -1.69. The number of benzene rings is 1. The van der Waals surface area contributed by atoms with Gasteiger partial charge in [-0.25, -0.2) is 0 Å². The Morgan fingerprint density at radius 2 is 1.90 bits per heavy atom. The topological polar surface area (TPSA) is 62.7 Å². The molecule has 160 valence electrons. The molecule has 3 heterocycles. The molecule has 1 saturated heterocycles. The van der Waals surface area contributed by atoms with Crippen molar-refractivity contribution in [1.29, 1.82) is 0 Å². The number of fused-ring (bicyclic) bond motifs is 1. The Morgan fingerprint density at radius 1 is 1.21 bits per heavy atom. The number of halogens is 2. The summed E-state index contributed by atoms with van der Waals surface area (Å²) < 4.78 is 5.64. The molecular weight excluding hydrogens is 409 g/mol. The molecule has 4 rings (SSSR count). The summed E-state index contributed by atoms with van der Waals surface area (Å²) in [4.78, 5) is 17.3. The Labute approximate surface area is 185 Å². The van der Waals surface area contributed by atoms with Crippen molar-refractivity contribution in [1.82, 2.24) is 4.90 Å². The van der Waals surface area contributed by atoms with E-state index in [1.165, 1.54) is 11.3 Å². The maximum atomic E-state index is 13.0. The van der Waals surface area contributed by atoms with Gasteiger partial charge in [0.15, 0.2) is 5.76 Å². The van der Waals surface area contributed by atoms with Crippen molar-refractivity contribution in [3.8, 4) is 0 Å². The van der Waals surface area contributed by atoms with Crippen LogP contribution in [0.3, 0.4) is 0 Å². The molecule has 0 saturated carbocycles. The summed E-state index contributed by atoms with van der Waals surface area (Å²) >= 11 is 0. The number of para-hydroxylation sites is 1. The minimum absolute atomic E-state index is 0. The lowest BCUT2D eigenvalue weighted by Crippen LogP contribution is -2.42. The highest BCUT2D eigenvalue weighted by molar-refractivity contribution is 5.93. The zero-order chi connectivity index (χ0) is 19.0. The minimum Gasteiger partial charge on any atom is -0.459 e. The first kappa shape index (κ1) is 23.6. The monoisotopic (exact) mass is 439 g/mol. The van der Waals surface area contributed by atoms with E-state index in [2.05, 4.69) is 43.0 Å². The molecule has 0 bridgehead atoms. The van der Waals surface area contributed by atoms with E-state index in [0.717, 1.165) is 37.9 Å². The number of nitrogens with zero attached hydrogens (tertiary/aromatic N) is 2. The molecule has 0 radical (unpaired) electrons. The van der Waals surface area contributed by atoms with Gasteiger partial charge in [-0.05, 0) is 56.7 Å². The normalized spacial score (nSPS) is 19.9. The van der Waals surface area contributed by atoms with Crippen LogP contribution >= 0.6 is 24.8 Å². The van der Waals surface area contributed by atoms with Crippen molar-refractivity contribution in [2.24, 2.45) is 11.7 Å². The van der Waals surface area contributed by atoms with E-state index in [9.17, 15) is 4.79 Å². The fourth-order valence-corrected chi connectivity index (χ4v) is 4.47. The summed E-state index contributed by atoms with van der Waals surface area (Å²) in [6, 6.07) is 11.1. The van der Waals surface area contributed by atoms with Crippen LogP contribution in [0, 0.1) is 5.92 Å². The third-order valence-electron chi connectivity index (χ3n) is 6.20. The highest BCUT2D eigenvalue weighted by Gasteiger charge is 2.31. The van der Waals surface area contributed by atoms with E-state index in [4.69, 9.17) is 10.2 Å². The quantitative estimate of drug-likeness (QED) is 0.771. The van der Waals surface area contributed by atoms with E-state index < -0.39 is 0 Å². The molecule has 1 aromatic heterocycles. The van der Waals surface area contributed by atoms with Gasteiger partial charge in [0, 0.05) is 43.0 Å². The molecule has 1 fully saturated rings. The van der Waals surface area contributed by atoms with Crippen LogP contribution in [-0.4, -0.2) is 36.0 Å². The number of carbonyl (C=O) groups is 1. The highest BCUT2D eigenvalue weighted by Crippen LogP contribution is 2.34. The number of amides is 1. The number of piperidine rings is 1. The van der Waals surface area contributed by atoms with E-state index >= 15 is 0 Å². The molecule has 7 heteroatoms. The van der Waals surface area contributed by atoms with Crippen LogP contribution in [0.4, 0.5) is 5.69 Å². The van der Waals surface area contributed by atoms with Crippen molar-refractivity contribution in [2.45, 2.75) is 51.7 Å². The molecular formula is C22H31Cl2N3O2. The third-order valence-corrected chi connectivity index (χ3v) is 6.20. The van der Waals surface area contributed by atoms with E-state index in [-0.39, 0.29) is 36.8 Å². The van der Waals surface area contributed by atoms with Crippen molar-refractivity contribution in [2.75, 3.05) is 18.0 Å². The summed E-state index contributed by atoms with van der Waals surface area (Å²) in [5.74, 6) is 1.01. The summed E-state index contributed by atoms with van der Waals surface area (Å²) in [5, 5.41) is 0. The predicted octanol–water partition coefficient (Wildman–Crippen LogP) is 4.27. The van der Waals surface area contributed by atoms with Gasteiger partial charge in [0.2, 0.25) is 0 Å². The lowest BCUT2D eigenvalue weighted by atomic mass is 9.91. The average molecular weight is 440 g/mol. The van der Waals surface area contributed by atoms with Gasteiger partial charge >= 0.3 is 0 Å². The van der Waals surface area contributed by atoms with Crippen molar-refractivity contribution < 1.29 is 9.21 Å². The number of furan rings is 1. The molecule has 0 aliphatic carbocycles. The predicted molar refractivity (Wildman–Crippen MR) is 121 cm³/mol. The first-order chi connectivity index (χ1) is 13.0. The van der Waals surface area contributed by atoms with Crippen LogP contribution in [0.2, 0.25) is 0 Å². The van der Waals surface area contributed by atoms with Crippen LogP contribution < -0.4 is 10.6 Å². The lowest BCUT2D eigenvalue weighted by Gasteiger charge is -2.33. The molecule has 1 amide bonds. The number of hydrogen-bond donors (Lipinski definition) is 1. The second-order valence-corrected chi connectivity index (χ2v) is 8.07. The van der Waals surface area contributed by atoms with Crippen LogP contribution in [0.15, 0.2) is 41.0 Å². The summed E-state index contributed by atoms with van der Waals surface area (Å²) in [7, 11) is 0. The zero-order valence-corrected chi connectivity index (χ0v) is 18.7. The first-order valence-corrected chi connectivity index (χ1v) is 10.0.